The molecule has 0 bridgehead atoms. The minimum Gasteiger partial charge on any atom is -0.303 e. The molecule has 1 saturated heterocycles. The van der Waals surface area contributed by atoms with E-state index in [2.05, 4.69) is 11.8 Å². The van der Waals surface area contributed by atoms with E-state index in [0.29, 0.717) is 0 Å². The maximum absolute atomic E-state index is 12.9. The van der Waals surface area contributed by atoms with Crippen molar-refractivity contribution in [2.24, 2.45) is 0 Å². The molecule has 1 nitrogen and oxygen atoms in total. The van der Waals surface area contributed by atoms with Gasteiger partial charge < -0.3 is 4.90 Å². The van der Waals surface area contributed by atoms with Crippen molar-refractivity contribution >= 4 is 0 Å². The van der Waals surface area contributed by atoms with Crippen LogP contribution in [0.4, 0.5) is 4.39 Å². The molecule has 1 aliphatic heterocycles. The lowest BCUT2D eigenvalue weighted by atomic mass is 10.1. The number of alkyl halides is 1. The Morgan fingerprint density at radius 2 is 1.60 bits per heavy atom. The minimum atomic E-state index is -0.522. The van der Waals surface area contributed by atoms with Crippen molar-refractivity contribution in [3.05, 3.63) is 0 Å². The van der Waals surface area contributed by atoms with E-state index in [1.165, 1.54) is 45.1 Å². The maximum atomic E-state index is 12.9. The first kappa shape index (κ1) is 13.0. The predicted octanol–water partition coefficient (Wildman–Crippen LogP) is 3.78. The normalized spacial score (nSPS) is 19.6. The van der Waals surface area contributed by atoms with Gasteiger partial charge in [0.05, 0.1) is 0 Å². The van der Waals surface area contributed by atoms with Crippen LogP contribution in [0.1, 0.15) is 58.3 Å². The monoisotopic (exact) mass is 215 g/mol. The van der Waals surface area contributed by atoms with Crippen LogP contribution in [-0.2, 0) is 0 Å². The van der Waals surface area contributed by atoms with Crippen molar-refractivity contribution in [2.75, 3.05) is 19.6 Å². The first-order valence-corrected chi connectivity index (χ1v) is 6.69. The molecule has 90 valence electrons. The summed E-state index contributed by atoms with van der Waals surface area (Å²) in [6, 6.07) is 0. The second kappa shape index (κ2) is 8.09. The Kier molecular flexibility index (Phi) is 6.99. The number of rotatable bonds is 7. The summed E-state index contributed by atoms with van der Waals surface area (Å²) >= 11 is 0. The topological polar surface area (TPSA) is 3.24 Å². The van der Waals surface area contributed by atoms with Gasteiger partial charge in [0.15, 0.2) is 0 Å². The molecule has 2 heteroatoms. The molecule has 1 fully saturated rings. The van der Waals surface area contributed by atoms with Crippen LogP contribution in [0.3, 0.4) is 0 Å². The van der Waals surface area contributed by atoms with Crippen molar-refractivity contribution in [3.63, 3.8) is 0 Å². The van der Waals surface area contributed by atoms with Crippen LogP contribution in [0.25, 0.3) is 0 Å². The molecule has 0 atom stereocenters. The molecule has 0 amide bonds. The fraction of sp³-hybridized carbons (Fsp3) is 1.00. The van der Waals surface area contributed by atoms with Crippen LogP contribution >= 0.6 is 0 Å². The highest BCUT2D eigenvalue weighted by Gasteiger charge is 2.17. The van der Waals surface area contributed by atoms with Gasteiger partial charge in [0.2, 0.25) is 0 Å². The molecule has 0 aromatic carbocycles. The van der Waals surface area contributed by atoms with E-state index in [-0.39, 0.29) is 0 Å². The quantitative estimate of drug-likeness (QED) is 0.584. The molecule has 0 aliphatic carbocycles. The van der Waals surface area contributed by atoms with E-state index in [0.717, 1.165) is 25.9 Å². The summed E-state index contributed by atoms with van der Waals surface area (Å²) < 4.78 is 12.9. The fourth-order valence-electron chi connectivity index (χ4n) is 2.24. The molecule has 15 heavy (non-hydrogen) atoms. The third-order valence-corrected chi connectivity index (χ3v) is 3.35. The number of hydrogen-bond donors (Lipinski definition) is 0. The van der Waals surface area contributed by atoms with Gasteiger partial charge in [-0.2, -0.15) is 0 Å². The molecule has 0 spiro atoms. The largest absolute Gasteiger partial charge is 0.303 e. The lowest BCUT2D eigenvalue weighted by molar-refractivity contribution is 0.149. The summed E-state index contributed by atoms with van der Waals surface area (Å²) in [5.41, 5.74) is 0. The third-order valence-electron chi connectivity index (χ3n) is 3.35. The summed E-state index contributed by atoms with van der Waals surface area (Å²) in [7, 11) is 0. The van der Waals surface area contributed by atoms with Gasteiger partial charge in [0, 0.05) is 13.1 Å². The highest BCUT2D eigenvalue weighted by atomic mass is 19.1. The van der Waals surface area contributed by atoms with Crippen LogP contribution in [0.15, 0.2) is 0 Å². The van der Waals surface area contributed by atoms with Gasteiger partial charge in [0.25, 0.3) is 0 Å². The number of unbranched alkanes of at least 4 members (excludes halogenated alkanes) is 5. The SMILES string of the molecule is CCCCCCCCN1CCC(F)CC1. The first-order chi connectivity index (χ1) is 7.33. The van der Waals surface area contributed by atoms with E-state index in [9.17, 15) is 4.39 Å². The Bertz CT molecular complexity index is 141. The number of nitrogens with zero attached hydrogens (tertiary/aromatic N) is 1. The summed E-state index contributed by atoms with van der Waals surface area (Å²) in [4.78, 5) is 2.43. The Morgan fingerprint density at radius 3 is 2.27 bits per heavy atom. The van der Waals surface area contributed by atoms with Crippen molar-refractivity contribution < 1.29 is 4.39 Å². The zero-order chi connectivity index (χ0) is 10.9. The second-order valence-electron chi connectivity index (χ2n) is 4.78. The van der Waals surface area contributed by atoms with E-state index >= 15 is 0 Å². The molecule has 1 heterocycles. The second-order valence-corrected chi connectivity index (χ2v) is 4.78. The molecular formula is C13H26FN. The standard InChI is InChI=1S/C13H26FN/c1-2-3-4-5-6-7-10-15-11-8-13(14)9-12-15/h13H,2-12H2,1H3. The number of halogens is 1. The molecule has 0 aromatic heterocycles. The van der Waals surface area contributed by atoms with Crippen LogP contribution in [0.5, 0.6) is 0 Å². The van der Waals surface area contributed by atoms with Gasteiger partial charge in [-0.15, -0.1) is 0 Å². The molecule has 1 aliphatic rings. The van der Waals surface area contributed by atoms with E-state index in [1.807, 2.05) is 0 Å². The lowest BCUT2D eigenvalue weighted by Crippen LogP contribution is -2.35. The predicted molar refractivity (Wildman–Crippen MR) is 63.9 cm³/mol. The molecule has 0 N–H and O–H groups in total. The number of piperidine rings is 1. The van der Waals surface area contributed by atoms with Gasteiger partial charge in [-0.1, -0.05) is 39.0 Å². The van der Waals surface area contributed by atoms with Crippen molar-refractivity contribution in [1.29, 1.82) is 0 Å². The van der Waals surface area contributed by atoms with Gasteiger partial charge >= 0.3 is 0 Å². The van der Waals surface area contributed by atoms with E-state index in [1.54, 1.807) is 0 Å². The third kappa shape index (κ3) is 6.14. The van der Waals surface area contributed by atoms with Crippen LogP contribution in [0.2, 0.25) is 0 Å². The van der Waals surface area contributed by atoms with E-state index in [4.69, 9.17) is 0 Å². The van der Waals surface area contributed by atoms with Crippen molar-refractivity contribution in [2.45, 2.75) is 64.5 Å². The van der Waals surface area contributed by atoms with Gasteiger partial charge in [-0.25, -0.2) is 4.39 Å². The average Bonchev–Trinajstić information content (AvgIpc) is 2.26. The first-order valence-electron chi connectivity index (χ1n) is 6.69. The molecule has 1 rings (SSSR count). The smallest absolute Gasteiger partial charge is 0.103 e. The lowest BCUT2D eigenvalue weighted by Gasteiger charge is -2.28. The number of hydrogen-bond acceptors (Lipinski definition) is 1. The van der Waals surface area contributed by atoms with Gasteiger partial charge in [-0.3, -0.25) is 0 Å². The Morgan fingerprint density at radius 1 is 1.00 bits per heavy atom. The summed E-state index contributed by atoms with van der Waals surface area (Å²) in [5.74, 6) is 0. The van der Waals surface area contributed by atoms with Gasteiger partial charge in [-0.05, 0) is 25.8 Å². The summed E-state index contributed by atoms with van der Waals surface area (Å²) in [5, 5.41) is 0. The van der Waals surface area contributed by atoms with Gasteiger partial charge in [0.1, 0.15) is 6.17 Å². The van der Waals surface area contributed by atoms with Crippen LogP contribution < -0.4 is 0 Å². The Balaban J connectivity index is 1.87. The zero-order valence-electron chi connectivity index (χ0n) is 10.2. The summed E-state index contributed by atoms with van der Waals surface area (Å²) in [6.45, 7) is 5.41. The summed E-state index contributed by atoms with van der Waals surface area (Å²) in [6.07, 6.45) is 9.14. The molecule has 0 aromatic rings. The highest BCUT2D eigenvalue weighted by Crippen LogP contribution is 2.14. The Hall–Kier alpha value is -0.110. The van der Waals surface area contributed by atoms with Crippen molar-refractivity contribution in [1.82, 2.24) is 4.90 Å². The fourth-order valence-corrected chi connectivity index (χ4v) is 2.24. The van der Waals surface area contributed by atoms with Crippen molar-refractivity contribution in [3.8, 4) is 0 Å². The zero-order valence-corrected chi connectivity index (χ0v) is 10.2. The molecule has 0 saturated carbocycles. The Labute approximate surface area is 94.0 Å². The van der Waals surface area contributed by atoms with E-state index < -0.39 is 6.17 Å². The minimum absolute atomic E-state index is 0.522. The highest BCUT2D eigenvalue weighted by molar-refractivity contribution is 4.71. The molecule has 0 unspecified atom stereocenters. The van der Waals surface area contributed by atoms with Crippen LogP contribution in [-0.4, -0.2) is 30.7 Å². The number of likely N-dealkylation sites (tertiary alicyclic amines) is 1. The average molecular weight is 215 g/mol. The van der Waals surface area contributed by atoms with Crippen LogP contribution in [0, 0.1) is 0 Å². The molecular weight excluding hydrogens is 189 g/mol. The molecule has 0 radical (unpaired) electrons. The maximum Gasteiger partial charge on any atom is 0.103 e.